The first-order valence-electron chi connectivity index (χ1n) is 5.68. The number of aliphatic imine (C=N–C) groups is 1. The van der Waals surface area contributed by atoms with Crippen LogP contribution < -0.4 is 0 Å². The highest BCUT2D eigenvalue weighted by molar-refractivity contribution is 5.82. The number of nitrogens with zero attached hydrogens (tertiary/aromatic N) is 1. The molecular formula is C16H21N. The minimum absolute atomic E-state index is 0.669. The maximum absolute atomic E-state index is 4.37. The smallest absolute Gasteiger partial charge is 0.0636 e. The Bertz CT molecular complexity index is 376. The van der Waals surface area contributed by atoms with Crippen LogP contribution in [0.3, 0.4) is 0 Å². The fraction of sp³-hybridized carbons (Fsp3) is 0.188. The summed E-state index contributed by atoms with van der Waals surface area (Å²) in [6.07, 6.45) is 17.3. The SMILES string of the molecule is C=C/C=C\C(=C/C)CN=C/C(C=C)=C/C=C\C. The van der Waals surface area contributed by atoms with E-state index in [2.05, 4.69) is 18.2 Å². The van der Waals surface area contributed by atoms with Gasteiger partial charge in [0.1, 0.15) is 0 Å². The molecule has 1 nitrogen and oxygen atoms in total. The fourth-order valence-corrected chi connectivity index (χ4v) is 1.06. The van der Waals surface area contributed by atoms with E-state index in [0.29, 0.717) is 6.54 Å². The molecular weight excluding hydrogens is 206 g/mol. The Morgan fingerprint density at radius 2 is 1.94 bits per heavy atom. The minimum atomic E-state index is 0.669. The zero-order valence-electron chi connectivity index (χ0n) is 10.8. The van der Waals surface area contributed by atoms with Gasteiger partial charge in [-0.2, -0.15) is 0 Å². The molecule has 0 spiro atoms. The van der Waals surface area contributed by atoms with Crippen molar-refractivity contribution >= 4 is 6.21 Å². The van der Waals surface area contributed by atoms with Gasteiger partial charge in [-0.05, 0) is 25.0 Å². The van der Waals surface area contributed by atoms with E-state index in [9.17, 15) is 0 Å². The van der Waals surface area contributed by atoms with Crippen molar-refractivity contribution in [3.63, 3.8) is 0 Å². The molecule has 90 valence electrons. The highest BCUT2D eigenvalue weighted by Gasteiger charge is 1.87. The standard InChI is InChI=1S/C16H21N/c1-5-9-11-15(7-3)13-17-14-16(8-4)12-10-6-2/h5-12,14H,1,4,13H2,2-3H3/b10-6-,11-9-,15-7+,16-12+,17-14?. The van der Waals surface area contributed by atoms with Crippen molar-refractivity contribution in [2.45, 2.75) is 13.8 Å². The molecule has 1 heteroatoms. The van der Waals surface area contributed by atoms with Crippen molar-refractivity contribution in [2.75, 3.05) is 6.54 Å². The summed E-state index contributed by atoms with van der Waals surface area (Å²) in [6, 6.07) is 0. The summed E-state index contributed by atoms with van der Waals surface area (Å²) in [4.78, 5) is 4.37. The van der Waals surface area contributed by atoms with Gasteiger partial charge in [-0.25, -0.2) is 0 Å². The Morgan fingerprint density at radius 3 is 2.47 bits per heavy atom. The number of hydrogen-bond donors (Lipinski definition) is 0. The molecule has 0 radical (unpaired) electrons. The maximum atomic E-state index is 4.37. The number of allylic oxidation sites excluding steroid dienone is 8. The molecule has 0 heterocycles. The predicted octanol–water partition coefficient (Wildman–Crippen LogP) is 4.43. The molecule has 0 fully saturated rings. The second-order valence-corrected chi connectivity index (χ2v) is 3.32. The summed E-state index contributed by atoms with van der Waals surface area (Å²) >= 11 is 0. The van der Waals surface area contributed by atoms with E-state index in [4.69, 9.17) is 0 Å². The van der Waals surface area contributed by atoms with Crippen LogP contribution in [-0.2, 0) is 0 Å². The molecule has 0 aliphatic heterocycles. The summed E-state index contributed by atoms with van der Waals surface area (Å²) in [5, 5.41) is 0. The molecule has 0 aromatic heterocycles. The van der Waals surface area contributed by atoms with E-state index in [-0.39, 0.29) is 0 Å². The Morgan fingerprint density at radius 1 is 1.18 bits per heavy atom. The predicted molar refractivity (Wildman–Crippen MR) is 79.5 cm³/mol. The van der Waals surface area contributed by atoms with Gasteiger partial charge in [0.05, 0.1) is 6.54 Å². The van der Waals surface area contributed by atoms with Crippen molar-refractivity contribution in [3.8, 4) is 0 Å². The highest BCUT2D eigenvalue weighted by Crippen LogP contribution is 1.99. The zero-order chi connectivity index (χ0) is 12.9. The lowest BCUT2D eigenvalue weighted by Gasteiger charge is -1.95. The lowest BCUT2D eigenvalue weighted by Crippen LogP contribution is -1.87. The van der Waals surface area contributed by atoms with Crippen molar-refractivity contribution in [1.29, 1.82) is 0 Å². The molecule has 0 aromatic rings. The minimum Gasteiger partial charge on any atom is -0.288 e. The van der Waals surface area contributed by atoms with Crippen LogP contribution in [0.25, 0.3) is 0 Å². The summed E-state index contributed by atoms with van der Waals surface area (Å²) < 4.78 is 0. The first-order chi connectivity index (χ1) is 8.28. The monoisotopic (exact) mass is 227 g/mol. The fourth-order valence-electron chi connectivity index (χ4n) is 1.06. The Labute approximate surface area is 105 Å². The van der Waals surface area contributed by atoms with Crippen molar-refractivity contribution < 1.29 is 0 Å². The highest BCUT2D eigenvalue weighted by atomic mass is 14.7. The van der Waals surface area contributed by atoms with Gasteiger partial charge in [0.2, 0.25) is 0 Å². The van der Waals surface area contributed by atoms with Crippen LogP contribution >= 0.6 is 0 Å². The van der Waals surface area contributed by atoms with Gasteiger partial charge in [0.25, 0.3) is 0 Å². The van der Waals surface area contributed by atoms with Crippen molar-refractivity contribution in [2.24, 2.45) is 4.99 Å². The van der Waals surface area contributed by atoms with Crippen LogP contribution in [-0.4, -0.2) is 12.8 Å². The Kier molecular flexibility index (Phi) is 9.44. The van der Waals surface area contributed by atoms with Gasteiger partial charge in [-0.3, -0.25) is 4.99 Å². The largest absolute Gasteiger partial charge is 0.288 e. The third kappa shape index (κ3) is 7.97. The zero-order valence-corrected chi connectivity index (χ0v) is 10.8. The molecule has 0 atom stereocenters. The molecule has 0 N–H and O–H groups in total. The number of hydrogen-bond acceptors (Lipinski definition) is 1. The lowest BCUT2D eigenvalue weighted by atomic mass is 10.2. The van der Waals surface area contributed by atoms with Gasteiger partial charge in [-0.15, -0.1) is 0 Å². The van der Waals surface area contributed by atoms with Gasteiger partial charge in [0.15, 0.2) is 0 Å². The van der Waals surface area contributed by atoms with Gasteiger partial charge >= 0.3 is 0 Å². The summed E-state index contributed by atoms with van der Waals surface area (Å²) in [5.74, 6) is 0. The van der Waals surface area contributed by atoms with Crippen LogP contribution in [0.1, 0.15) is 13.8 Å². The first kappa shape index (κ1) is 15.1. The van der Waals surface area contributed by atoms with Gasteiger partial charge in [0, 0.05) is 6.21 Å². The normalized spacial score (nSPS) is 14.0. The van der Waals surface area contributed by atoms with E-state index in [1.165, 1.54) is 0 Å². The molecule has 0 aromatic carbocycles. The second-order valence-electron chi connectivity index (χ2n) is 3.32. The van der Waals surface area contributed by atoms with Gasteiger partial charge in [-0.1, -0.05) is 61.8 Å². The van der Waals surface area contributed by atoms with Crippen LogP contribution in [0.4, 0.5) is 0 Å². The van der Waals surface area contributed by atoms with E-state index >= 15 is 0 Å². The quantitative estimate of drug-likeness (QED) is 0.450. The van der Waals surface area contributed by atoms with E-state index in [1.807, 2.05) is 56.5 Å². The van der Waals surface area contributed by atoms with Crippen LogP contribution in [0, 0.1) is 0 Å². The molecule has 0 saturated heterocycles. The van der Waals surface area contributed by atoms with Crippen LogP contribution in [0.5, 0.6) is 0 Å². The summed E-state index contributed by atoms with van der Waals surface area (Å²) in [7, 11) is 0. The molecule has 0 saturated carbocycles. The molecule has 0 unspecified atom stereocenters. The van der Waals surface area contributed by atoms with E-state index < -0.39 is 0 Å². The average molecular weight is 227 g/mol. The summed E-state index contributed by atoms with van der Waals surface area (Å²) in [5.41, 5.74) is 2.17. The first-order valence-corrected chi connectivity index (χ1v) is 5.68. The van der Waals surface area contributed by atoms with E-state index in [1.54, 1.807) is 12.2 Å². The lowest BCUT2D eigenvalue weighted by molar-refractivity contribution is 1.18. The average Bonchev–Trinajstić information content (AvgIpc) is 2.37. The van der Waals surface area contributed by atoms with Crippen LogP contribution in [0.2, 0.25) is 0 Å². The molecule has 17 heavy (non-hydrogen) atoms. The Hall–Kier alpha value is -1.89. The summed E-state index contributed by atoms with van der Waals surface area (Å²) in [6.45, 7) is 12.0. The molecule has 0 amide bonds. The molecule has 0 rings (SSSR count). The van der Waals surface area contributed by atoms with Crippen molar-refractivity contribution in [3.05, 3.63) is 72.9 Å². The molecule has 0 aliphatic rings. The van der Waals surface area contributed by atoms with Crippen molar-refractivity contribution in [1.82, 2.24) is 0 Å². The topological polar surface area (TPSA) is 12.4 Å². The molecule has 0 aliphatic carbocycles. The third-order valence-electron chi connectivity index (χ3n) is 2.05. The van der Waals surface area contributed by atoms with Crippen LogP contribution in [0.15, 0.2) is 77.9 Å². The second kappa shape index (κ2) is 10.6. The number of rotatable bonds is 7. The third-order valence-corrected chi connectivity index (χ3v) is 2.05. The maximum Gasteiger partial charge on any atom is 0.0636 e. The Balaban J connectivity index is 4.47. The molecule has 0 bridgehead atoms. The van der Waals surface area contributed by atoms with Gasteiger partial charge < -0.3 is 0 Å². The van der Waals surface area contributed by atoms with E-state index in [0.717, 1.165) is 11.1 Å².